The second-order valence-electron chi connectivity index (χ2n) is 9.64. The Labute approximate surface area is 188 Å². The van der Waals surface area contributed by atoms with Crippen LogP contribution in [0.4, 0.5) is 5.69 Å². The molecular formula is C22H31N5O4Si. The number of hydrogen-bond donors (Lipinski definition) is 2. The van der Waals surface area contributed by atoms with E-state index in [1.165, 1.54) is 6.07 Å². The Bertz CT molecular complexity index is 1130. The minimum atomic E-state index is -1.97. The van der Waals surface area contributed by atoms with Gasteiger partial charge in [-0.2, -0.15) is 0 Å². The minimum absolute atomic E-state index is 0.0345. The van der Waals surface area contributed by atoms with Crippen LogP contribution in [-0.4, -0.2) is 40.3 Å². The van der Waals surface area contributed by atoms with Crippen LogP contribution in [0.5, 0.6) is 0 Å². The van der Waals surface area contributed by atoms with Crippen LogP contribution in [0.15, 0.2) is 36.9 Å². The first kappa shape index (κ1) is 23.7. The molecule has 0 saturated heterocycles. The molecule has 9 nitrogen and oxygen atoms in total. The number of nitro benzene ring substituents is 1. The molecule has 3 N–H and O–H groups in total. The van der Waals surface area contributed by atoms with Crippen LogP contribution in [0.3, 0.4) is 0 Å². The van der Waals surface area contributed by atoms with Crippen molar-refractivity contribution in [3.8, 4) is 0 Å². The van der Waals surface area contributed by atoms with E-state index < -0.39 is 19.1 Å². The Hall–Kier alpha value is -2.98. The highest BCUT2D eigenvalue weighted by Crippen LogP contribution is 2.37. The smallest absolute Gasteiger partial charge is 0.271 e. The fourth-order valence-electron chi connectivity index (χ4n) is 3.32. The molecule has 0 aliphatic carbocycles. The molecule has 0 unspecified atom stereocenters. The Morgan fingerprint density at radius 2 is 2.09 bits per heavy atom. The van der Waals surface area contributed by atoms with Gasteiger partial charge in [-0.15, -0.1) is 0 Å². The lowest BCUT2D eigenvalue weighted by Gasteiger charge is -2.37. The van der Waals surface area contributed by atoms with Gasteiger partial charge in [-0.25, -0.2) is 4.98 Å². The molecule has 0 fully saturated rings. The second-order valence-corrected chi connectivity index (χ2v) is 14.4. The van der Waals surface area contributed by atoms with Crippen molar-refractivity contribution < 1.29 is 14.1 Å². The van der Waals surface area contributed by atoms with E-state index in [1.807, 2.05) is 10.8 Å². The first-order valence-electron chi connectivity index (χ1n) is 10.6. The molecule has 0 radical (unpaired) electrons. The summed E-state index contributed by atoms with van der Waals surface area (Å²) in [6, 6.07) is 4.81. The molecule has 172 valence electrons. The largest absolute Gasteiger partial charge is 0.415 e. The molecule has 2 heterocycles. The van der Waals surface area contributed by atoms with Crippen LogP contribution in [0.1, 0.15) is 49.3 Å². The van der Waals surface area contributed by atoms with Crippen molar-refractivity contribution in [2.45, 2.75) is 57.8 Å². The van der Waals surface area contributed by atoms with Gasteiger partial charge in [0.25, 0.3) is 11.6 Å². The van der Waals surface area contributed by atoms with Crippen molar-refractivity contribution in [3.05, 3.63) is 58.3 Å². The summed E-state index contributed by atoms with van der Waals surface area (Å²) in [6.45, 7) is 11.5. The molecule has 1 aromatic carbocycles. The highest BCUT2D eigenvalue weighted by atomic mass is 28.4. The highest BCUT2D eigenvalue weighted by Gasteiger charge is 2.37. The zero-order valence-corrected chi connectivity index (χ0v) is 20.2. The molecule has 1 atom stereocenters. The standard InChI is InChI=1S/C22H31N5O4Si/c1-22(2,3)32(4,5)31-13-17(26-12-20(21(23)28)25-14-26)7-6-15-11-24-19-10-16(27(29)30)8-9-18(15)19/h8-12,14,17,24H,6-7,13H2,1-5H3,(H2,23,28)/t17-/m1/s1. The van der Waals surface area contributed by atoms with E-state index in [0.29, 0.717) is 6.61 Å². The average molecular weight is 458 g/mol. The number of primary amides is 1. The van der Waals surface area contributed by atoms with Gasteiger partial charge < -0.3 is 19.7 Å². The van der Waals surface area contributed by atoms with Crippen LogP contribution in [0, 0.1) is 10.1 Å². The van der Waals surface area contributed by atoms with Gasteiger partial charge in [-0.05, 0) is 42.6 Å². The number of H-pyrrole nitrogens is 1. The lowest BCUT2D eigenvalue weighted by Crippen LogP contribution is -2.42. The zero-order chi connectivity index (χ0) is 23.7. The number of aromatic nitrogens is 3. The zero-order valence-electron chi connectivity index (χ0n) is 19.2. The molecule has 10 heteroatoms. The third-order valence-electron chi connectivity index (χ3n) is 6.43. The number of nitrogens with two attached hydrogens (primary N) is 1. The third kappa shape index (κ3) is 5.08. The second kappa shape index (κ2) is 8.87. The fraction of sp³-hybridized carbons (Fsp3) is 0.455. The van der Waals surface area contributed by atoms with E-state index in [4.69, 9.17) is 10.2 Å². The van der Waals surface area contributed by atoms with Gasteiger partial charge >= 0.3 is 0 Å². The number of imidazole rings is 1. The summed E-state index contributed by atoms with van der Waals surface area (Å²) in [4.78, 5) is 29.4. The number of carbonyl (C=O) groups excluding carboxylic acids is 1. The maximum Gasteiger partial charge on any atom is 0.271 e. The number of aryl methyl sites for hydroxylation is 1. The predicted molar refractivity (Wildman–Crippen MR) is 126 cm³/mol. The number of non-ortho nitro benzene ring substituents is 1. The van der Waals surface area contributed by atoms with Crippen molar-refractivity contribution in [2.75, 3.05) is 6.61 Å². The topological polar surface area (TPSA) is 129 Å². The number of amides is 1. The van der Waals surface area contributed by atoms with Crippen LogP contribution in [-0.2, 0) is 10.8 Å². The van der Waals surface area contributed by atoms with Crippen LogP contribution in [0.25, 0.3) is 10.9 Å². The van der Waals surface area contributed by atoms with Crippen molar-refractivity contribution in [1.82, 2.24) is 14.5 Å². The molecule has 0 spiro atoms. The monoisotopic (exact) mass is 457 g/mol. The van der Waals surface area contributed by atoms with E-state index in [9.17, 15) is 14.9 Å². The summed E-state index contributed by atoms with van der Waals surface area (Å²) in [5, 5.41) is 12.1. The van der Waals surface area contributed by atoms with Gasteiger partial charge in [0, 0.05) is 29.9 Å². The van der Waals surface area contributed by atoms with E-state index in [-0.39, 0.29) is 22.5 Å². The third-order valence-corrected chi connectivity index (χ3v) is 10.9. The van der Waals surface area contributed by atoms with Crippen molar-refractivity contribution in [1.29, 1.82) is 0 Å². The number of nitro groups is 1. The molecule has 0 aliphatic heterocycles. The average Bonchev–Trinajstić information content (AvgIpc) is 3.34. The summed E-state index contributed by atoms with van der Waals surface area (Å²) >= 11 is 0. The SMILES string of the molecule is CC(C)(C)[Si](C)(C)OC[C@@H](CCc1c[nH]c2cc([N+](=O)[O-])ccc12)n1cnc(C(N)=O)c1. The highest BCUT2D eigenvalue weighted by molar-refractivity contribution is 6.74. The molecule has 2 aromatic heterocycles. The Balaban J connectivity index is 1.81. The van der Waals surface area contributed by atoms with Gasteiger partial charge in [0.05, 0.1) is 29.4 Å². The molecule has 0 saturated carbocycles. The number of nitrogens with zero attached hydrogens (tertiary/aromatic N) is 3. The number of carbonyl (C=O) groups is 1. The van der Waals surface area contributed by atoms with Crippen molar-refractivity contribution >= 4 is 30.8 Å². The minimum Gasteiger partial charge on any atom is -0.415 e. The number of aromatic amines is 1. The molecule has 0 bridgehead atoms. The molecule has 3 aromatic rings. The normalized spacial score (nSPS) is 13.4. The summed E-state index contributed by atoms with van der Waals surface area (Å²) in [7, 11) is -1.97. The Morgan fingerprint density at radius 1 is 1.38 bits per heavy atom. The maximum atomic E-state index is 11.5. The van der Waals surface area contributed by atoms with Gasteiger partial charge in [0.2, 0.25) is 0 Å². The Kier molecular flexibility index (Phi) is 6.56. The van der Waals surface area contributed by atoms with E-state index in [0.717, 1.165) is 29.3 Å². The fourth-order valence-corrected chi connectivity index (χ4v) is 4.36. The lowest BCUT2D eigenvalue weighted by molar-refractivity contribution is -0.384. The van der Waals surface area contributed by atoms with E-state index in [2.05, 4.69) is 43.8 Å². The van der Waals surface area contributed by atoms with Crippen molar-refractivity contribution in [2.24, 2.45) is 5.73 Å². The summed E-state index contributed by atoms with van der Waals surface area (Å²) in [6.07, 6.45) is 6.66. The van der Waals surface area contributed by atoms with Crippen LogP contribution < -0.4 is 5.73 Å². The first-order chi connectivity index (χ1) is 14.9. The summed E-state index contributed by atoms with van der Waals surface area (Å²) in [5.41, 5.74) is 7.48. The number of hydrogen-bond acceptors (Lipinski definition) is 5. The lowest BCUT2D eigenvalue weighted by atomic mass is 10.0. The molecule has 3 rings (SSSR count). The van der Waals surface area contributed by atoms with Gasteiger partial charge in [-0.3, -0.25) is 14.9 Å². The van der Waals surface area contributed by atoms with Crippen LogP contribution in [0.2, 0.25) is 18.1 Å². The van der Waals surface area contributed by atoms with E-state index in [1.54, 1.807) is 24.7 Å². The first-order valence-corrected chi connectivity index (χ1v) is 13.5. The molecule has 0 aliphatic rings. The quantitative estimate of drug-likeness (QED) is 0.276. The summed E-state index contributed by atoms with van der Waals surface area (Å²) < 4.78 is 8.37. The number of rotatable bonds is 9. The van der Waals surface area contributed by atoms with Gasteiger partial charge in [0.15, 0.2) is 8.32 Å². The summed E-state index contributed by atoms with van der Waals surface area (Å²) in [5.74, 6) is -0.564. The molecular weight excluding hydrogens is 426 g/mol. The van der Waals surface area contributed by atoms with Gasteiger partial charge in [0.1, 0.15) is 5.69 Å². The molecule has 1 amide bonds. The Morgan fingerprint density at radius 3 is 2.69 bits per heavy atom. The van der Waals surface area contributed by atoms with Gasteiger partial charge in [-0.1, -0.05) is 20.8 Å². The van der Waals surface area contributed by atoms with Crippen molar-refractivity contribution in [3.63, 3.8) is 0 Å². The number of fused-ring (bicyclic) bond motifs is 1. The maximum absolute atomic E-state index is 11.5. The van der Waals surface area contributed by atoms with Crippen LogP contribution >= 0.6 is 0 Å². The number of nitrogens with one attached hydrogen (secondary N) is 1. The molecule has 32 heavy (non-hydrogen) atoms. The number of benzene rings is 1. The van der Waals surface area contributed by atoms with E-state index >= 15 is 0 Å². The predicted octanol–water partition coefficient (Wildman–Crippen LogP) is 4.57.